The first-order valence-electron chi connectivity index (χ1n) is 7.39. The molecule has 0 aromatic carbocycles. The molecule has 0 saturated heterocycles. The maximum atomic E-state index is 12.5. The van der Waals surface area contributed by atoms with Gasteiger partial charge in [-0.05, 0) is 24.2 Å². The molecule has 0 aliphatic heterocycles. The van der Waals surface area contributed by atoms with Gasteiger partial charge < -0.3 is 15.2 Å². The fraction of sp³-hybridized carbons (Fsp3) is 0.938. The van der Waals surface area contributed by atoms with Crippen LogP contribution in [0.5, 0.6) is 0 Å². The van der Waals surface area contributed by atoms with Gasteiger partial charge in [-0.2, -0.15) is 0 Å². The Balaban J connectivity index is 4.68. The van der Waals surface area contributed by atoms with Gasteiger partial charge >= 0.3 is 5.97 Å². The first-order chi connectivity index (χ1) is 8.94. The monoisotopic (exact) mass is 287 g/mol. The van der Waals surface area contributed by atoms with Crippen LogP contribution >= 0.6 is 0 Å². The second kappa shape index (κ2) is 7.41. The molecule has 0 amide bonds. The molecule has 4 nitrogen and oxygen atoms in total. The van der Waals surface area contributed by atoms with Gasteiger partial charge in [-0.1, -0.05) is 41.5 Å². The van der Waals surface area contributed by atoms with Gasteiger partial charge in [-0.15, -0.1) is 0 Å². The van der Waals surface area contributed by atoms with Crippen LogP contribution in [0.2, 0.25) is 0 Å². The Kier molecular flexibility index (Phi) is 7.19. The molecule has 0 bridgehead atoms. The zero-order valence-corrected chi connectivity index (χ0v) is 14.3. The fourth-order valence-corrected chi connectivity index (χ4v) is 2.24. The number of carbonyl (C=O) groups excluding carboxylic acids is 1. The molecule has 4 heteroatoms. The summed E-state index contributed by atoms with van der Waals surface area (Å²) in [5.41, 5.74) is 4.73. The molecule has 20 heavy (non-hydrogen) atoms. The van der Waals surface area contributed by atoms with Crippen LogP contribution in [0, 0.1) is 16.2 Å². The van der Waals surface area contributed by atoms with Gasteiger partial charge in [0.05, 0.1) is 18.6 Å². The Morgan fingerprint density at radius 2 is 1.50 bits per heavy atom. The van der Waals surface area contributed by atoms with E-state index in [1.165, 1.54) is 0 Å². The van der Waals surface area contributed by atoms with Gasteiger partial charge in [0.1, 0.15) is 6.61 Å². The predicted molar refractivity (Wildman–Crippen MR) is 82.5 cm³/mol. The van der Waals surface area contributed by atoms with E-state index in [1.54, 1.807) is 0 Å². The van der Waals surface area contributed by atoms with Crippen molar-refractivity contribution in [2.45, 2.75) is 54.9 Å². The summed E-state index contributed by atoms with van der Waals surface area (Å²) >= 11 is 0. The van der Waals surface area contributed by atoms with Crippen molar-refractivity contribution in [1.82, 2.24) is 0 Å². The Hall–Kier alpha value is -0.610. The number of hydrogen-bond acceptors (Lipinski definition) is 4. The third-order valence-electron chi connectivity index (χ3n) is 3.71. The molecule has 0 fully saturated rings. The Morgan fingerprint density at radius 1 is 0.950 bits per heavy atom. The number of nitrogens with two attached hydrogens (primary N) is 1. The van der Waals surface area contributed by atoms with Crippen LogP contribution in [0.3, 0.4) is 0 Å². The van der Waals surface area contributed by atoms with E-state index in [2.05, 4.69) is 41.5 Å². The zero-order valence-electron chi connectivity index (χ0n) is 14.3. The Bertz CT molecular complexity index is 302. The van der Waals surface area contributed by atoms with Crippen molar-refractivity contribution in [2.75, 3.05) is 26.4 Å². The lowest BCUT2D eigenvalue weighted by atomic mass is 9.61. The van der Waals surface area contributed by atoms with E-state index < -0.39 is 5.41 Å². The zero-order chi connectivity index (χ0) is 16.0. The summed E-state index contributed by atoms with van der Waals surface area (Å²) in [4.78, 5) is 12.5. The van der Waals surface area contributed by atoms with Crippen molar-refractivity contribution in [3.05, 3.63) is 0 Å². The van der Waals surface area contributed by atoms with Gasteiger partial charge in [-0.3, -0.25) is 4.79 Å². The summed E-state index contributed by atoms with van der Waals surface area (Å²) in [6.07, 6.45) is 0.784. The minimum atomic E-state index is -0.515. The number of rotatable bonds is 7. The van der Waals surface area contributed by atoms with Crippen LogP contribution in [-0.2, 0) is 14.3 Å². The number of hydrogen-bond donors (Lipinski definition) is 1. The highest BCUT2D eigenvalue weighted by Gasteiger charge is 2.47. The predicted octanol–water partition coefficient (Wildman–Crippen LogP) is 2.99. The molecule has 0 heterocycles. The van der Waals surface area contributed by atoms with Crippen molar-refractivity contribution >= 4 is 5.97 Å². The van der Waals surface area contributed by atoms with Gasteiger partial charge in [-0.25, -0.2) is 0 Å². The number of carbonyl (C=O) groups is 1. The maximum absolute atomic E-state index is 12.5. The Labute approximate surface area is 124 Å². The normalized spacial score (nSPS) is 15.8. The summed E-state index contributed by atoms with van der Waals surface area (Å²) in [6.45, 7) is 16.4. The average molecular weight is 287 g/mol. The smallest absolute Gasteiger partial charge is 0.312 e. The highest BCUT2D eigenvalue weighted by molar-refractivity contribution is 5.77. The van der Waals surface area contributed by atoms with E-state index in [0.717, 1.165) is 6.42 Å². The minimum Gasteiger partial charge on any atom is -0.463 e. The SMILES string of the molecule is CC(C)(C)CC(C)(C(=O)OCCOCCN)C(C)(C)C. The average Bonchev–Trinajstić information content (AvgIpc) is 2.24. The van der Waals surface area contributed by atoms with E-state index in [9.17, 15) is 4.79 Å². The van der Waals surface area contributed by atoms with Crippen LogP contribution in [0.4, 0.5) is 0 Å². The summed E-state index contributed by atoms with van der Waals surface area (Å²) < 4.78 is 10.7. The van der Waals surface area contributed by atoms with E-state index in [-0.39, 0.29) is 23.4 Å². The van der Waals surface area contributed by atoms with Gasteiger partial charge in [0.2, 0.25) is 0 Å². The van der Waals surface area contributed by atoms with Gasteiger partial charge in [0.15, 0.2) is 0 Å². The second-order valence-electron chi connectivity index (χ2n) is 7.86. The molecule has 120 valence electrons. The van der Waals surface area contributed by atoms with Crippen LogP contribution in [0.1, 0.15) is 54.9 Å². The van der Waals surface area contributed by atoms with E-state index in [1.807, 2.05) is 6.92 Å². The third kappa shape index (κ3) is 6.23. The summed E-state index contributed by atoms with van der Waals surface area (Å²) in [7, 11) is 0. The molecule has 1 unspecified atom stereocenters. The second-order valence-corrected chi connectivity index (χ2v) is 7.86. The molecule has 0 aliphatic rings. The topological polar surface area (TPSA) is 61.5 Å². The minimum absolute atomic E-state index is 0.0666. The molecule has 0 aliphatic carbocycles. The van der Waals surface area contributed by atoms with E-state index >= 15 is 0 Å². The van der Waals surface area contributed by atoms with Crippen LogP contribution in [-0.4, -0.2) is 32.3 Å². The molecule has 0 aromatic rings. The largest absolute Gasteiger partial charge is 0.463 e. The van der Waals surface area contributed by atoms with Crippen LogP contribution < -0.4 is 5.73 Å². The van der Waals surface area contributed by atoms with Gasteiger partial charge in [0.25, 0.3) is 0 Å². The van der Waals surface area contributed by atoms with Crippen LogP contribution in [0.25, 0.3) is 0 Å². The van der Waals surface area contributed by atoms with E-state index in [4.69, 9.17) is 15.2 Å². The molecular weight excluding hydrogens is 254 g/mol. The quantitative estimate of drug-likeness (QED) is 0.577. The van der Waals surface area contributed by atoms with Gasteiger partial charge in [0, 0.05) is 6.54 Å². The standard InChI is InChI=1S/C16H33NO3/c1-14(2,3)12-16(7,15(4,5)6)13(18)20-11-10-19-9-8-17/h8-12,17H2,1-7H3. The molecule has 0 spiro atoms. The lowest BCUT2D eigenvalue weighted by Gasteiger charge is -2.43. The van der Waals surface area contributed by atoms with Crippen molar-refractivity contribution in [2.24, 2.45) is 22.0 Å². The molecule has 0 saturated carbocycles. The summed E-state index contributed by atoms with van der Waals surface area (Å²) in [5, 5.41) is 0. The van der Waals surface area contributed by atoms with Crippen molar-refractivity contribution in [3.63, 3.8) is 0 Å². The first-order valence-corrected chi connectivity index (χ1v) is 7.39. The lowest BCUT2D eigenvalue weighted by molar-refractivity contribution is -0.166. The van der Waals surface area contributed by atoms with Crippen molar-refractivity contribution in [3.8, 4) is 0 Å². The summed E-state index contributed by atoms with van der Waals surface area (Å²) in [6, 6.07) is 0. The number of esters is 1. The lowest BCUT2D eigenvalue weighted by Crippen LogP contribution is -2.44. The number of ether oxygens (including phenoxy) is 2. The van der Waals surface area contributed by atoms with Crippen molar-refractivity contribution in [1.29, 1.82) is 0 Å². The summed E-state index contributed by atoms with van der Waals surface area (Å²) in [5.74, 6) is -0.142. The molecule has 0 aromatic heterocycles. The molecule has 0 radical (unpaired) electrons. The first kappa shape index (κ1) is 19.4. The highest BCUT2D eigenvalue weighted by Crippen LogP contribution is 2.47. The van der Waals surface area contributed by atoms with E-state index in [0.29, 0.717) is 19.8 Å². The molecule has 1 atom stereocenters. The van der Waals surface area contributed by atoms with Crippen molar-refractivity contribution < 1.29 is 14.3 Å². The maximum Gasteiger partial charge on any atom is 0.312 e. The Morgan fingerprint density at radius 3 is 1.90 bits per heavy atom. The fourth-order valence-electron chi connectivity index (χ4n) is 2.24. The highest BCUT2D eigenvalue weighted by atomic mass is 16.6. The molecule has 2 N–H and O–H groups in total. The molecular formula is C16H33NO3. The third-order valence-corrected chi connectivity index (χ3v) is 3.71. The molecule has 0 rings (SSSR count). The van der Waals surface area contributed by atoms with Crippen LogP contribution in [0.15, 0.2) is 0 Å².